The van der Waals surface area contributed by atoms with Gasteiger partial charge in [-0.25, -0.2) is 0 Å². The van der Waals surface area contributed by atoms with Crippen LogP contribution >= 0.6 is 23.4 Å². The highest BCUT2D eigenvalue weighted by Crippen LogP contribution is 2.28. The highest BCUT2D eigenvalue weighted by Gasteiger charge is 2.10. The Morgan fingerprint density at radius 3 is 2.46 bits per heavy atom. The summed E-state index contributed by atoms with van der Waals surface area (Å²) in [5.74, 6) is 1.22. The Morgan fingerprint density at radius 2 is 1.77 bits per heavy atom. The zero-order valence-corrected chi connectivity index (χ0v) is 15.8. The molecule has 0 aliphatic carbocycles. The summed E-state index contributed by atoms with van der Waals surface area (Å²) >= 11 is 7.77. The third kappa shape index (κ3) is 4.81. The number of hydrogen-bond donors (Lipinski definition) is 1. The van der Waals surface area contributed by atoms with Crippen molar-refractivity contribution in [1.29, 1.82) is 0 Å². The summed E-state index contributed by atoms with van der Waals surface area (Å²) < 4.78 is 5.25. The topological polar surface area (TPSA) is 38.3 Å². The van der Waals surface area contributed by atoms with Gasteiger partial charge in [0.1, 0.15) is 5.75 Å². The highest BCUT2D eigenvalue weighted by atomic mass is 35.5. The lowest BCUT2D eigenvalue weighted by molar-refractivity contribution is 0.102. The standard InChI is InChI=1S/C21H18ClNO2S/c1-25-20-12-11-17(22)13-19(20)23-21(24)16-9-7-15(8-10-16)14-26-18-5-3-2-4-6-18/h2-13H,14H2,1H3,(H,23,24). The van der Waals surface area contributed by atoms with Gasteiger partial charge in [0.15, 0.2) is 0 Å². The lowest BCUT2D eigenvalue weighted by Gasteiger charge is -2.11. The average Bonchev–Trinajstić information content (AvgIpc) is 2.68. The summed E-state index contributed by atoms with van der Waals surface area (Å²) in [7, 11) is 1.55. The van der Waals surface area contributed by atoms with E-state index in [2.05, 4.69) is 17.4 Å². The molecule has 0 unspecified atom stereocenters. The Labute approximate surface area is 162 Å². The molecule has 0 aliphatic rings. The van der Waals surface area contributed by atoms with Crippen molar-refractivity contribution in [3.63, 3.8) is 0 Å². The molecule has 26 heavy (non-hydrogen) atoms. The maximum Gasteiger partial charge on any atom is 0.255 e. The number of carbonyl (C=O) groups is 1. The number of amides is 1. The highest BCUT2D eigenvalue weighted by molar-refractivity contribution is 7.98. The van der Waals surface area contributed by atoms with Crippen LogP contribution in [0.4, 0.5) is 5.69 Å². The lowest BCUT2D eigenvalue weighted by Crippen LogP contribution is -2.12. The number of ether oxygens (including phenoxy) is 1. The van der Waals surface area contributed by atoms with Gasteiger partial charge in [0.05, 0.1) is 12.8 Å². The van der Waals surface area contributed by atoms with Gasteiger partial charge in [0, 0.05) is 21.2 Å². The van der Waals surface area contributed by atoms with Gasteiger partial charge in [0.25, 0.3) is 5.91 Å². The van der Waals surface area contributed by atoms with Crippen molar-refractivity contribution in [2.24, 2.45) is 0 Å². The summed E-state index contributed by atoms with van der Waals surface area (Å²) in [5, 5.41) is 3.38. The Bertz CT molecular complexity index is 882. The van der Waals surface area contributed by atoms with E-state index in [1.165, 1.54) is 4.90 Å². The van der Waals surface area contributed by atoms with E-state index in [4.69, 9.17) is 16.3 Å². The fraction of sp³-hybridized carbons (Fsp3) is 0.0952. The number of methoxy groups -OCH3 is 1. The largest absolute Gasteiger partial charge is 0.495 e. The van der Waals surface area contributed by atoms with Crippen LogP contribution in [0.15, 0.2) is 77.7 Å². The maximum absolute atomic E-state index is 12.5. The summed E-state index contributed by atoms with van der Waals surface area (Å²) in [6.07, 6.45) is 0. The third-order valence-electron chi connectivity index (χ3n) is 3.77. The molecule has 3 aromatic rings. The normalized spacial score (nSPS) is 10.4. The molecule has 1 amide bonds. The Morgan fingerprint density at radius 1 is 1.04 bits per heavy atom. The number of benzene rings is 3. The summed E-state index contributed by atoms with van der Waals surface area (Å²) in [4.78, 5) is 13.7. The average molecular weight is 384 g/mol. The molecule has 132 valence electrons. The van der Waals surface area contributed by atoms with Crippen LogP contribution in [0, 0.1) is 0 Å². The van der Waals surface area contributed by atoms with E-state index in [1.54, 1.807) is 37.1 Å². The third-order valence-corrected chi connectivity index (χ3v) is 5.09. The van der Waals surface area contributed by atoms with Crippen LogP contribution in [-0.4, -0.2) is 13.0 Å². The zero-order chi connectivity index (χ0) is 18.4. The van der Waals surface area contributed by atoms with Crippen molar-refractivity contribution in [2.45, 2.75) is 10.6 Å². The molecule has 0 fully saturated rings. The van der Waals surface area contributed by atoms with Crippen LogP contribution in [0.1, 0.15) is 15.9 Å². The van der Waals surface area contributed by atoms with Gasteiger partial charge < -0.3 is 10.1 Å². The van der Waals surface area contributed by atoms with Crippen LogP contribution in [0.25, 0.3) is 0 Å². The van der Waals surface area contributed by atoms with Crippen LogP contribution in [-0.2, 0) is 5.75 Å². The molecule has 3 nitrogen and oxygen atoms in total. The van der Waals surface area contributed by atoms with Crippen molar-refractivity contribution in [1.82, 2.24) is 0 Å². The van der Waals surface area contributed by atoms with E-state index in [0.29, 0.717) is 22.0 Å². The minimum Gasteiger partial charge on any atom is -0.495 e. The zero-order valence-electron chi connectivity index (χ0n) is 14.2. The number of hydrogen-bond acceptors (Lipinski definition) is 3. The first-order valence-electron chi connectivity index (χ1n) is 8.07. The van der Waals surface area contributed by atoms with Crippen molar-refractivity contribution in [3.8, 4) is 5.75 Å². The second-order valence-electron chi connectivity index (χ2n) is 5.60. The van der Waals surface area contributed by atoms with Crippen LogP contribution < -0.4 is 10.1 Å². The molecule has 0 aliphatic heterocycles. The van der Waals surface area contributed by atoms with E-state index in [1.807, 2.05) is 42.5 Å². The predicted octanol–water partition coefficient (Wildman–Crippen LogP) is 5.89. The van der Waals surface area contributed by atoms with Gasteiger partial charge in [0.2, 0.25) is 0 Å². The van der Waals surface area contributed by atoms with Gasteiger partial charge in [-0.2, -0.15) is 0 Å². The van der Waals surface area contributed by atoms with Gasteiger partial charge in [-0.1, -0.05) is 41.9 Å². The number of thioether (sulfide) groups is 1. The first kappa shape index (κ1) is 18.4. The summed E-state index contributed by atoms with van der Waals surface area (Å²) in [6, 6.07) is 22.9. The molecule has 3 aromatic carbocycles. The molecule has 0 saturated heterocycles. The van der Waals surface area contributed by atoms with Crippen molar-refractivity contribution in [2.75, 3.05) is 12.4 Å². The van der Waals surface area contributed by atoms with Crippen LogP contribution in [0.5, 0.6) is 5.75 Å². The molecular formula is C21H18ClNO2S. The maximum atomic E-state index is 12.5. The predicted molar refractivity (Wildman–Crippen MR) is 108 cm³/mol. The number of halogens is 1. The van der Waals surface area contributed by atoms with Crippen molar-refractivity contribution < 1.29 is 9.53 Å². The number of anilines is 1. The lowest BCUT2D eigenvalue weighted by atomic mass is 10.1. The van der Waals surface area contributed by atoms with Gasteiger partial charge >= 0.3 is 0 Å². The SMILES string of the molecule is COc1ccc(Cl)cc1NC(=O)c1ccc(CSc2ccccc2)cc1. The summed E-state index contributed by atoms with van der Waals surface area (Å²) in [5.41, 5.74) is 2.30. The molecule has 1 N–H and O–H groups in total. The smallest absolute Gasteiger partial charge is 0.255 e. The molecule has 0 spiro atoms. The van der Waals surface area contributed by atoms with Crippen molar-refractivity contribution >= 4 is 35.0 Å². The fourth-order valence-corrected chi connectivity index (χ4v) is 3.46. The van der Waals surface area contributed by atoms with Crippen LogP contribution in [0.2, 0.25) is 5.02 Å². The molecule has 0 saturated carbocycles. The molecule has 0 heterocycles. The van der Waals surface area contributed by atoms with E-state index in [-0.39, 0.29) is 5.91 Å². The second-order valence-corrected chi connectivity index (χ2v) is 7.08. The van der Waals surface area contributed by atoms with E-state index >= 15 is 0 Å². The van der Waals surface area contributed by atoms with Gasteiger partial charge in [-0.3, -0.25) is 4.79 Å². The molecule has 0 atom stereocenters. The van der Waals surface area contributed by atoms with E-state index < -0.39 is 0 Å². The fourth-order valence-electron chi connectivity index (χ4n) is 2.41. The monoisotopic (exact) mass is 383 g/mol. The first-order chi connectivity index (χ1) is 12.7. The minimum atomic E-state index is -0.201. The Kier molecular flexibility index (Phi) is 6.21. The molecule has 0 aromatic heterocycles. The van der Waals surface area contributed by atoms with Gasteiger partial charge in [-0.05, 0) is 48.0 Å². The molecule has 0 radical (unpaired) electrons. The molecular weight excluding hydrogens is 366 g/mol. The number of carbonyl (C=O) groups excluding carboxylic acids is 1. The van der Waals surface area contributed by atoms with Crippen LogP contribution in [0.3, 0.4) is 0 Å². The molecule has 5 heteroatoms. The first-order valence-corrected chi connectivity index (χ1v) is 9.44. The minimum absolute atomic E-state index is 0.201. The Hall–Kier alpha value is -2.43. The number of nitrogens with one attached hydrogen (secondary N) is 1. The van der Waals surface area contributed by atoms with Gasteiger partial charge in [-0.15, -0.1) is 11.8 Å². The molecule has 3 rings (SSSR count). The quantitative estimate of drug-likeness (QED) is 0.539. The van der Waals surface area contributed by atoms with Crippen molar-refractivity contribution in [3.05, 3.63) is 88.9 Å². The summed E-state index contributed by atoms with van der Waals surface area (Å²) in [6.45, 7) is 0. The molecule has 0 bridgehead atoms. The van der Waals surface area contributed by atoms with E-state index in [9.17, 15) is 4.79 Å². The van der Waals surface area contributed by atoms with E-state index in [0.717, 1.165) is 11.3 Å². The Balaban J connectivity index is 1.64. The number of rotatable bonds is 6. The second kappa shape index (κ2) is 8.79.